The predicted molar refractivity (Wildman–Crippen MR) is 68.3 cm³/mol. The summed E-state index contributed by atoms with van der Waals surface area (Å²) in [6.45, 7) is 5.87. The first-order valence-electron chi connectivity index (χ1n) is 5.57. The highest BCUT2D eigenvalue weighted by atomic mass is 16.2. The van der Waals surface area contributed by atoms with E-state index in [1.54, 1.807) is 18.5 Å². The standard InChI is InChI=1S/C12H20N4O/c1-12(2,3)11(17)16-10-7-15-5-4-8(10)9(14)6-13/h4-5,7,9H,6,13-14H2,1-3H3,(H,16,17). The van der Waals surface area contributed by atoms with Gasteiger partial charge in [-0.1, -0.05) is 20.8 Å². The van der Waals surface area contributed by atoms with Crippen molar-refractivity contribution < 1.29 is 4.79 Å². The summed E-state index contributed by atoms with van der Waals surface area (Å²) in [6, 6.07) is 1.48. The second kappa shape index (κ2) is 5.25. The number of rotatable bonds is 3. The van der Waals surface area contributed by atoms with E-state index in [4.69, 9.17) is 11.5 Å². The Morgan fingerprint density at radius 1 is 1.53 bits per heavy atom. The van der Waals surface area contributed by atoms with E-state index >= 15 is 0 Å². The summed E-state index contributed by atoms with van der Waals surface area (Å²) in [5.74, 6) is -0.0732. The molecule has 0 aliphatic carbocycles. The zero-order chi connectivity index (χ0) is 13.1. The van der Waals surface area contributed by atoms with Crippen molar-refractivity contribution in [3.05, 3.63) is 24.0 Å². The third-order valence-corrected chi connectivity index (χ3v) is 2.44. The fourth-order valence-electron chi connectivity index (χ4n) is 1.27. The molecule has 1 atom stereocenters. The zero-order valence-electron chi connectivity index (χ0n) is 10.5. The van der Waals surface area contributed by atoms with Gasteiger partial charge in [0, 0.05) is 24.2 Å². The van der Waals surface area contributed by atoms with Gasteiger partial charge in [-0.2, -0.15) is 0 Å². The van der Waals surface area contributed by atoms with Crippen molar-refractivity contribution in [3.63, 3.8) is 0 Å². The minimum atomic E-state index is -0.458. The van der Waals surface area contributed by atoms with E-state index < -0.39 is 5.41 Å². The number of hydrogen-bond acceptors (Lipinski definition) is 4. The molecule has 0 aliphatic heterocycles. The molecule has 5 nitrogen and oxygen atoms in total. The molecule has 1 aromatic rings. The SMILES string of the molecule is CC(C)(C)C(=O)Nc1cnccc1C(N)CN. The molecule has 5 N–H and O–H groups in total. The van der Waals surface area contributed by atoms with Crippen LogP contribution in [0.4, 0.5) is 5.69 Å². The van der Waals surface area contributed by atoms with Gasteiger partial charge in [0.05, 0.1) is 11.9 Å². The zero-order valence-corrected chi connectivity index (χ0v) is 10.5. The number of carbonyl (C=O) groups is 1. The smallest absolute Gasteiger partial charge is 0.229 e. The minimum absolute atomic E-state index is 0.0732. The van der Waals surface area contributed by atoms with Crippen molar-refractivity contribution in [2.24, 2.45) is 16.9 Å². The van der Waals surface area contributed by atoms with Gasteiger partial charge in [-0.3, -0.25) is 9.78 Å². The number of nitrogens with two attached hydrogens (primary N) is 2. The molecule has 0 aliphatic rings. The highest BCUT2D eigenvalue weighted by molar-refractivity contribution is 5.95. The van der Waals surface area contributed by atoms with Crippen molar-refractivity contribution in [1.29, 1.82) is 0 Å². The molecule has 1 unspecified atom stereocenters. The molecule has 0 bridgehead atoms. The van der Waals surface area contributed by atoms with Gasteiger partial charge in [0.2, 0.25) is 5.91 Å². The Kier molecular flexibility index (Phi) is 4.20. The minimum Gasteiger partial charge on any atom is -0.329 e. The summed E-state index contributed by atoms with van der Waals surface area (Å²) in [6.07, 6.45) is 3.23. The molecular formula is C12H20N4O. The fraction of sp³-hybridized carbons (Fsp3) is 0.500. The predicted octanol–water partition coefficient (Wildman–Crippen LogP) is 1.02. The molecule has 1 amide bonds. The Morgan fingerprint density at radius 3 is 2.71 bits per heavy atom. The van der Waals surface area contributed by atoms with E-state index in [9.17, 15) is 4.79 Å². The number of carbonyl (C=O) groups excluding carboxylic acids is 1. The van der Waals surface area contributed by atoms with Crippen LogP contribution in [-0.4, -0.2) is 17.4 Å². The van der Waals surface area contributed by atoms with Crippen LogP contribution < -0.4 is 16.8 Å². The van der Waals surface area contributed by atoms with Crippen LogP contribution in [0.3, 0.4) is 0 Å². The van der Waals surface area contributed by atoms with Crippen LogP contribution in [0, 0.1) is 5.41 Å². The third-order valence-electron chi connectivity index (χ3n) is 2.44. The van der Waals surface area contributed by atoms with Crippen molar-refractivity contribution >= 4 is 11.6 Å². The second-order valence-electron chi connectivity index (χ2n) is 5.01. The van der Waals surface area contributed by atoms with E-state index in [-0.39, 0.29) is 11.9 Å². The van der Waals surface area contributed by atoms with Crippen LogP contribution in [0.5, 0.6) is 0 Å². The summed E-state index contributed by atoms with van der Waals surface area (Å²) in [4.78, 5) is 15.9. The first-order valence-corrected chi connectivity index (χ1v) is 5.57. The third kappa shape index (κ3) is 3.51. The maximum atomic E-state index is 11.9. The maximum Gasteiger partial charge on any atom is 0.229 e. The summed E-state index contributed by atoms with van der Waals surface area (Å²) in [5.41, 5.74) is 12.4. The Bertz CT molecular complexity index is 398. The van der Waals surface area contributed by atoms with Crippen molar-refractivity contribution in [1.82, 2.24) is 4.98 Å². The summed E-state index contributed by atoms with van der Waals surface area (Å²) >= 11 is 0. The Balaban J connectivity index is 2.95. The molecule has 0 fully saturated rings. The summed E-state index contributed by atoms with van der Waals surface area (Å²) < 4.78 is 0. The van der Waals surface area contributed by atoms with Crippen LogP contribution in [0.1, 0.15) is 32.4 Å². The monoisotopic (exact) mass is 236 g/mol. The Hall–Kier alpha value is -1.46. The largest absolute Gasteiger partial charge is 0.329 e. The van der Waals surface area contributed by atoms with E-state index in [2.05, 4.69) is 10.3 Å². The Morgan fingerprint density at radius 2 is 2.18 bits per heavy atom. The molecule has 1 aromatic heterocycles. The van der Waals surface area contributed by atoms with E-state index in [1.807, 2.05) is 20.8 Å². The lowest BCUT2D eigenvalue weighted by molar-refractivity contribution is -0.123. The number of pyridine rings is 1. The van der Waals surface area contributed by atoms with Gasteiger partial charge in [0.25, 0.3) is 0 Å². The van der Waals surface area contributed by atoms with Gasteiger partial charge < -0.3 is 16.8 Å². The number of nitrogens with zero attached hydrogens (tertiary/aromatic N) is 1. The molecule has 1 rings (SSSR count). The summed E-state index contributed by atoms with van der Waals surface area (Å²) in [5, 5.41) is 2.83. The molecule has 17 heavy (non-hydrogen) atoms. The van der Waals surface area contributed by atoms with Crippen molar-refractivity contribution in [2.75, 3.05) is 11.9 Å². The van der Waals surface area contributed by atoms with E-state index in [0.717, 1.165) is 5.56 Å². The fourth-order valence-corrected chi connectivity index (χ4v) is 1.27. The van der Waals surface area contributed by atoms with Crippen LogP contribution in [0.15, 0.2) is 18.5 Å². The van der Waals surface area contributed by atoms with E-state index in [1.165, 1.54) is 0 Å². The van der Waals surface area contributed by atoms with Gasteiger partial charge in [0.15, 0.2) is 0 Å². The number of anilines is 1. The molecule has 5 heteroatoms. The quantitative estimate of drug-likeness (QED) is 0.730. The number of nitrogens with one attached hydrogen (secondary N) is 1. The first kappa shape index (κ1) is 13.6. The van der Waals surface area contributed by atoms with Crippen LogP contribution in [-0.2, 0) is 4.79 Å². The molecular weight excluding hydrogens is 216 g/mol. The van der Waals surface area contributed by atoms with E-state index in [0.29, 0.717) is 12.2 Å². The summed E-state index contributed by atoms with van der Waals surface area (Å²) in [7, 11) is 0. The second-order valence-corrected chi connectivity index (χ2v) is 5.01. The van der Waals surface area contributed by atoms with Gasteiger partial charge in [0.1, 0.15) is 0 Å². The van der Waals surface area contributed by atoms with Crippen LogP contribution in [0.2, 0.25) is 0 Å². The lowest BCUT2D eigenvalue weighted by atomic mass is 9.95. The van der Waals surface area contributed by atoms with Gasteiger partial charge >= 0.3 is 0 Å². The van der Waals surface area contributed by atoms with Gasteiger partial charge in [-0.05, 0) is 11.6 Å². The highest BCUT2D eigenvalue weighted by Gasteiger charge is 2.22. The van der Waals surface area contributed by atoms with Gasteiger partial charge in [-0.25, -0.2) is 0 Å². The van der Waals surface area contributed by atoms with Crippen molar-refractivity contribution in [2.45, 2.75) is 26.8 Å². The molecule has 94 valence electrons. The van der Waals surface area contributed by atoms with Crippen molar-refractivity contribution in [3.8, 4) is 0 Å². The lowest BCUT2D eigenvalue weighted by Gasteiger charge is -2.20. The Labute approximate surface area is 102 Å². The first-order chi connectivity index (χ1) is 7.86. The van der Waals surface area contributed by atoms with Gasteiger partial charge in [-0.15, -0.1) is 0 Å². The average molecular weight is 236 g/mol. The lowest BCUT2D eigenvalue weighted by Crippen LogP contribution is -2.29. The van der Waals surface area contributed by atoms with Crippen LogP contribution in [0.25, 0.3) is 0 Å². The van der Waals surface area contributed by atoms with Crippen LogP contribution >= 0.6 is 0 Å². The number of aromatic nitrogens is 1. The molecule has 0 aromatic carbocycles. The molecule has 1 heterocycles. The average Bonchev–Trinajstić information content (AvgIpc) is 2.27. The number of hydrogen-bond donors (Lipinski definition) is 3. The number of amides is 1. The molecule has 0 saturated carbocycles. The maximum absolute atomic E-state index is 11.9. The molecule has 0 spiro atoms. The highest BCUT2D eigenvalue weighted by Crippen LogP contribution is 2.22. The molecule has 0 radical (unpaired) electrons. The normalized spacial score (nSPS) is 13.2. The molecule has 0 saturated heterocycles. The topological polar surface area (TPSA) is 94.0 Å².